The molecule has 4 aromatic carbocycles. The Kier molecular flexibility index (Phi) is 12.1. The van der Waals surface area contributed by atoms with Crippen LogP contribution in [0.5, 0.6) is 11.5 Å². The highest BCUT2D eigenvalue weighted by Crippen LogP contribution is 2.41. The molecule has 52 heavy (non-hydrogen) atoms. The average molecular weight is 701 g/mol. The SMILES string of the molecule is COc1cc(C(=O)NCCCCO)cc(-n2c(C)cc(C(=O)N3CCN(Cc4ccccc4)C[C@H]3Cc3ccccc3)c2-c2ccccc2)c1OC. The number of hydrogen-bond acceptors (Lipinski definition) is 6. The summed E-state index contributed by atoms with van der Waals surface area (Å²) in [6.07, 6.45) is 2.00. The van der Waals surface area contributed by atoms with Crippen LogP contribution in [0.25, 0.3) is 16.9 Å². The van der Waals surface area contributed by atoms with Gasteiger partial charge in [0.1, 0.15) is 0 Å². The number of piperazine rings is 1. The molecule has 9 nitrogen and oxygen atoms in total. The van der Waals surface area contributed by atoms with E-state index in [0.717, 1.165) is 37.3 Å². The highest BCUT2D eigenvalue weighted by atomic mass is 16.5. The van der Waals surface area contributed by atoms with Crippen molar-refractivity contribution in [2.75, 3.05) is 47.0 Å². The summed E-state index contributed by atoms with van der Waals surface area (Å²) in [5.74, 6) is 0.549. The number of aryl methyl sites for hydroxylation is 1. The predicted octanol–water partition coefficient (Wildman–Crippen LogP) is 6.54. The van der Waals surface area contributed by atoms with E-state index in [9.17, 15) is 9.90 Å². The zero-order valence-electron chi connectivity index (χ0n) is 30.3. The van der Waals surface area contributed by atoms with Crippen molar-refractivity contribution in [1.29, 1.82) is 0 Å². The molecule has 0 unspecified atom stereocenters. The van der Waals surface area contributed by atoms with Crippen molar-refractivity contribution in [3.63, 3.8) is 0 Å². The minimum atomic E-state index is -0.264. The fourth-order valence-corrected chi connectivity index (χ4v) is 7.16. The van der Waals surface area contributed by atoms with Crippen LogP contribution >= 0.6 is 0 Å². The molecule has 2 heterocycles. The van der Waals surface area contributed by atoms with E-state index in [1.807, 2.05) is 77.1 Å². The number of methoxy groups -OCH3 is 2. The molecule has 1 saturated heterocycles. The normalized spacial score (nSPS) is 14.6. The number of aliphatic hydroxyl groups excluding tert-OH is 1. The van der Waals surface area contributed by atoms with Gasteiger partial charge in [-0.3, -0.25) is 14.5 Å². The molecule has 1 atom stereocenters. The Labute approximate surface area is 306 Å². The molecule has 9 heteroatoms. The molecule has 1 fully saturated rings. The van der Waals surface area contributed by atoms with Gasteiger partial charge in [0.15, 0.2) is 11.5 Å². The Morgan fingerprint density at radius 2 is 1.50 bits per heavy atom. The summed E-state index contributed by atoms with van der Waals surface area (Å²) in [6.45, 7) is 5.39. The molecular weight excluding hydrogens is 652 g/mol. The van der Waals surface area contributed by atoms with E-state index in [2.05, 4.69) is 46.6 Å². The minimum absolute atomic E-state index is 0.0373. The van der Waals surface area contributed by atoms with Gasteiger partial charge in [-0.25, -0.2) is 0 Å². The van der Waals surface area contributed by atoms with Crippen molar-refractivity contribution in [2.45, 2.75) is 38.8 Å². The van der Waals surface area contributed by atoms with Crippen LogP contribution in [0.15, 0.2) is 109 Å². The van der Waals surface area contributed by atoms with Gasteiger partial charge >= 0.3 is 0 Å². The number of nitrogens with zero attached hydrogens (tertiary/aromatic N) is 3. The first-order valence-electron chi connectivity index (χ1n) is 18.0. The van der Waals surface area contributed by atoms with Crippen LogP contribution in [0.2, 0.25) is 0 Å². The smallest absolute Gasteiger partial charge is 0.256 e. The third kappa shape index (κ3) is 8.22. The van der Waals surface area contributed by atoms with Gasteiger partial charge < -0.3 is 29.4 Å². The van der Waals surface area contributed by atoms with Gasteiger partial charge in [-0.05, 0) is 61.1 Å². The maximum Gasteiger partial charge on any atom is 0.256 e. The molecule has 0 saturated carbocycles. The fraction of sp³-hybridized carbons (Fsp3) is 0.302. The lowest BCUT2D eigenvalue weighted by atomic mass is 9.99. The number of nitrogens with one attached hydrogen (secondary N) is 1. The molecule has 0 aliphatic carbocycles. The van der Waals surface area contributed by atoms with Crippen LogP contribution < -0.4 is 14.8 Å². The lowest BCUT2D eigenvalue weighted by Gasteiger charge is -2.42. The van der Waals surface area contributed by atoms with Crippen molar-refractivity contribution in [1.82, 2.24) is 19.7 Å². The first-order chi connectivity index (χ1) is 25.4. The monoisotopic (exact) mass is 700 g/mol. The van der Waals surface area contributed by atoms with Crippen LogP contribution in [-0.2, 0) is 13.0 Å². The summed E-state index contributed by atoms with van der Waals surface area (Å²) in [4.78, 5) is 32.9. The fourth-order valence-electron chi connectivity index (χ4n) is 7.16. The molecule has 0 spiro atoms. The summed E-state index contributed by atoms with van der Waals surface area (Å²) < 4.78 is 13.7. The summed E-state index contributed by atoms with van der Waals surface area (Å²) in [6, 6.07) is 36.1. The number of carbonyl (C=O) groups excluding carboxylic acids is 2. The largest absolute Gasteiger partial charge is 0.493 e. The van der Waals surface area contributed by atoms with Gasteiger partial charge in [0, 0.05) is 56.6 Å². The van der Waals surface area contributed by atoms with E-state index in [4.69, 9.17) is 9.47 Å². The number of amides is 2. The summed E-state index contributed by atoms with van der Waals surface area (Å²) >= 11 is 0. The first-order valence-corrected chi connectivity index (χ1v) is 18.0. The van der Waals surface area contributed by atoms with E-state index in [1.54, 1.807) is 26.4 Å². The van der Waals surface area contributed by atoms with Gasteiger partial charge in [-0.2, -0.15) is 0 Å². The molecule has 2 N–H and O–H groups in total. The van der Waals surface area contributed by atoms with Crippen LogP contribution in [0.4, 0.5) is 0 Å². The number of rotatable bonds is 14. The van der Waals surface area contributed by atoms with Crippen LogP contribution in [0, 0.1) is 6.92 Å². The topological polar surface area (TPSA) is 96.3 Å². The van der Waals surface area contributed by atoms with Gasteiger partial charge in [0.25, 0.3) is 11.8 Å². The van der Waals surface area contributed by atoms with Crippen molar-refractivity contribution in [3.05, 3.63) is 137 Å². The van der Waals surface area contributed by atoms with Crippen LogP contribution in [0.3, 0.4) is 0 Å². The Balaban J connectivity index is 1.42. The molecule has 1 aromatic heterocycles. The second-order valence-corrected chi connectivity index (χ2v) is 13.2. The third-order valence-corrected chi connectivity index (χ3v) is 9.69. The van der Waals surface area contributed by atoms with Crippen LogP contribution in [0.1, 0.15) is 50.4 Å². The molecule has 0 bridgehead atoms. The number of aromatic nitrogens is 1. The standard InChI is InChI=1S/C43H48N4O5/c1-31-25-37(43(50)46-23-22-45(29-33-17-9-5-10-18-33)30-36(46)26-32-15-7-4-8-16-32)40(34-19-11-6-12-20-34)47(31)38-27-35(28-39(51-2)41(38)52-3)42(49)44-21-13-14-24-48/h4-12,15-20,25,27-28,36,48H,13-14,21-24,26,29-30H2,1-3H3,(H,44,49)/t36-/m1/s1. The van der Waals surface area contributed by atoms with Crippen molar-refractivity contribution in [2.24, 2.45) is 0 Å². The van der Waals surface area contributed by atoms with Gasteiger partial charge in [-0.1, -0.05) is 91.0 Å². The van der Waals surface area contributed by atoms with E-state index < -0.39 is 0 Å². The zero-order chi connectivity index (χ0) is 36.5. The van der Waals surface area contributed by atoms with Gasteiger partial charge in [-0.15, -0.1) is 0 Å². The Morgan fingerprint density at radius 3 is 2.15 bits per heavy atom. The molecular formula is C43H48N4O5. The van der Waals surface area contributed by atoms with E-state index in [-0.39, 0.29) is 24.5 Å². The lowest BCUT2D eigenvalue weighted by molar-refractivity contribution is 0.0439. The van der Waals surface area contributed by atoms with E-state index >= 15 is 4.79 Å². The summed E-state index contributed by atoms with van der Waals surface area (Å²) in [5, 5.41) is 12.1. The number of ether oxygens (including phenoxy) is 2. The Hall–Kier alpha value is -5.38. The number of carbonyl (C=O) groups is 2. The molecule has 270 valence electrons. The predicted molar refractivity (Wildman–Crippen MR) is 204 cm³/mol. The Morgan fingerprint density at radius 1 is 0.827 bits per heavy atom. The maximum absolute atomic E-state index is 15.0. The highest BCUT2D eigenvalue weighted by Gasteiger charge is 2.34. The van der Waals surface area contributed by atoms with E-state index in [0.29, 0.717) is 59.9 Å². The number of benzene rings is 4. The van der Waals surface area contributed by atoms with E-state index in [1.165, 1.54) is 11.1 Å². The molecule has 1 aliphatic heterocycles. The van der Waals surface area contributed by atoms with Crippen LogP contribution in [-0.4, -0.2) is 84.3 Å². The second kappa shape index (κ2) is 17.2. The quantitative estimate of drug-likeness (QED) is 0.128. The van der Waals surface area contributed by atoms with Gasteiger partial charge in [0.2, 0.25) is 0 Å². The second-order valence-electron chi connectivity index (χ2n) is 13.2. The third-order valence-electron chi connectivity index (χ3n) is 9.69. The highest BCUT2D eigenvalue weighted by molar-refractivity contribution is 6.02. The first kappa shape index (κ1) is 36.4. The molecule has 0 radical (unpaired) electrons. The summed E-state index contributed by atoms with van der Waals surface area (Å²) in [7, 11) is 3.12. The zero-order valence-corrected chi connectivity index (χ0v) is 30.3. The number of aliphatic hydroxyl groups is 1. The molecule has 5 aromatic rings. The number of unbranched alkanes of at least 4 members (excludes halogenated alkanes) is 1. The summed E-state index contributed by atoms with van der Waals surface area (Å²) in [5.41, 5.74) is 6.40. The maximum atomic E-state index is 15.0. The lowest BCUT2D eigenvalue weighted by Crippen LogP contribution is -2.55. The van der Waals surface area contributed by atoms with Crippen molar-refractivity contribution in [3.8, 4) is 28.4 Å². The molecule has 2 amide bonds. The number of hydrogen-bond donors (Lipinski definition) is 2. The molecule has 1 aliphatic rings. The van der Waals surface area contributed by atoms with Gasteiger partial charge in [0.05, 0.1) is 31.2 Å². The van der Waals surface area contributed by atoms with Crippen molar-refractivity contribution < 1.29 is 24.2 Å². The Bertz CT molecular complexity index is 1950. The molecule has 6 rings (SSSR count). The average Bonchev–Trinajstić information content (AvgIpc) is 3.53. The minimum Gasteiger partial charge on any atom is -0.493 e. The van der Waals surface area contributed by atoms with Crippen molar-refractivity contribution >= 4 is 11.8 Å².